The Balaban J connectivity index is 2.19. The highest BCUT2D eigenvalue weighted by atomic mass is 16.6. The monoisotopic (exact) mass is 260 g/mol. The number of nitrogens with zero attached hydrogens (tertiary/aromatic N) is 1. The van der Waals surface area contributed by atoms with Crippen LogP contribution in [0.15, 0.2) is 0 Å². The van der Waals surface area contributed by atoms with Gasteiger partial charge >= 0.3 is 6.03 Å². The maximum atomic E-state index is 11.6. The van der Waals surface area contributed by atoms with Crippen molar-refractivity contribution in [1.82, 2.24) is 10.2 Å². The summed E-state index contributed by atoms with van der Waals surface area (Å²) in [5, 5.41) is 30.0. The fraction of sp³-hybridized carbons (Fsp3) is 0.667. The fourth-order valence-electron chi connectivity index (χ4n) is 1.91. The summed E-state index contributed by atoms with van der Waals surface area (Å²) >= 11 is 0. The number of aliphatic hydroxyl groups is 3. The Morgan fingerprint density at radius 3 is 2.44 bits per heavy atom. The highest BCUT2D eigenvalue weighted by Crippen LogP contribution is 2.25. The summed E-state index contributed by atoms with van der Waals surface area (Å²) in [4.78, 5) is 34.5. The minimum Gasteiger partial charge on any atom is -0.394 e. The van der Waals surface area contributed by atoms with Gasteiger partial charge in [-0.3, -0.25) is 14.9 Å². The van der Waals surface area contributed by atoms with Crippen LogP contribution in [0.5, 0.6) is 0 Å². The summed E-state index contributed by atoms with van der Waals surface area (Å²) in [5.74, 6) is -1.58. The van der Waals surface area contributed by atoms with Crippen LogP contribution >= 0.6 is 0 Å². The van der Waals surface area contributed by atoms with Crippen molar-refractivity contribution in [3.05, 3.63) is 0 Å². The summed E-state index contributed by atoms with van der Waals surface area (Å²) in [6.45, 7) is -0.572. The zero-order chi connectivity index (χ0) is 13.4. The van der Waals surface area contributed by atoms with E-state index in [1.807, 2.05) is 5.32 Å². The van der Waals surface area contributed by atoms with E-state index in [2.05, 4.69) is 0 Å². The first-order valence-electron chi connectivity index (χ1n) is 5.24. The van der Waals surface area contributed by atoms with Crippen LogP contribution in [0.1, 0.15) is 6.42 Å². The smallest absolute Gasteiger partial charge is 0.333 e. The van der Waals surface area contributed by atoms with E-state index in [9.17, 15) is 24.6 Å². The van der Waals surface area contributed by atoms with Gasteiger partial charge in [-0.15, -0.1) is 0 Å². The van der Waals surface area contributed by atoms with Crippen LogP contribution < -0.4 is 5.32 Å². The third kappa shape index (κ3) is 1.97. The quantitative estimate of drug-likeness (QED) is 0.386. The van der Waals surface area contributed by atoms with Crippen LogP contribution in [0.2, 0.25) is 0 Å². The Bertz CT molecular complexity index is 378. The van der Waals surface area contributed by atoms with Gasteiger partial charge in [0.25, 0.3) is 0 Å². The number of rotatable bonds is 2. The molecule has 2 heterocycles. The molecule has 2 aliphatic heterocycles. The van der Waals surface area contributed by atoms with E-state index in [0.717, 1.165) is 0 Å². The van der Waals surface area contributed by atoms with Crippen molar-refractivity contribution in [1.29, 1.82) is 0 Å². The van der Waals surface area contributed by atoms with Gasteiger partial charge in [-0.25, -0.2) is 9.69 Å². The molecule has 0 aromatic rings. The standard InChI is InChI=1S/C9H12N2O7/c12-2-3-6(15)7(16)8(18-3)11-5(14)1-4(13)10-9(11)17/h3,6-8,12,15-16H,1-2H2,(H,10,13,17)/t3-,6+,7-,8-/m0/s1. The first-order chi connectivity index (χ1) is 8.45. The largest absolute Gasteiger partial charge is 0.394 e. The summed E-state index contributed by atoms with van der Waals surface area (Å²) < 4.78 is 5.03. The number of carbonyl (C=O) groups excluding carboxylic acids is 3. The lowest BCUT2D eigenvalue weighted by Crippen LogP contribution is -2.59. The number of carbonyl (C=O) groups is 3. The number of barbiturate groups is 1. The number of ether oxygens (including phenoxy) is 1. The van der Waals surface area contributed by atoms with E-state index in [0.29, 0.717) is 4.90 Å². The predicted molar refractivity (Wildman–Crippen MR) is 52.8 cm³/mol. The highest BCUT2D eigenvalue weighted by Gasteiger charge is 2.50. The number of nitrogens with one attached hydrogen (secondary N) is 1. The fourth-order valence-corrected chi connectivity index (χ4v) is 1.91. The van der Waals surface area contributed by atoms with Crippen molar-refractivity contribution >= 4 is 17.8 Å². The SMILES string of the molecule is O=C1CC(=O)N([C@H]2O[C@@H](CO)[C@@H](O)[C@@H]2O)C(=O)N1. The van der Waals surface area contributed by atoms with Gasteiger partial charge in [0.1, 0.15) is 24.7 Å². The second kappa shape index (κ2) is 4.61. The van der Waals surface area contributed by atoms with Crippen LogP contribution in [0.25, 0.3) is 0 Å². The van der Waals surface area contributed by atoms with Gasteiger partial charge in [-0.2, -0.15) is 0 Å². The molecule has 100 valence electrons. The van der Waals surface area contributed by atoms with Gasteiger partial charge in [-0.05, 0) is 0 Å². The molecule has 0 spiro atoms. The van der Waals surface area contributed by atoms with Crippen molar-refractivity contribution in [2.24, 2.45) is 0 Å². The van der Waals surface area contributed by atoms with E-state index >= 15 is 0 Å². The van der Waals surface area contributed by atoms with Gasteiger partial charge in [0.05, 0.1) is 6.61 Å². The Hall–Kier alpha value is -1.55. The molecule has 0 unspecified atom stereocenters. The molecular weight excluding hydrogens is 248 g/mol. The molecule has 9 heteroatoms. The molecule has 0 radical (unpaired) electrons. The molecule has 0 saturated carbocycles. The number of imide groups is 2. The zero-order valence-electron chi connectivity index (χ0n) is 9.15. The first kappa shape index (κ1) is 12.9. The van der Waals surface area contributed by atoms with Crippen LogP contribution in [0, 0.1) is 0 Å². The maximum Gasteiger partial charge on any atom is 0.333 e. The van der Waals surface area contributed by atoms with Crippen LogP contribution in [0.3, 0.4) is 0 Å². The summed E-state index contributed by atoms with van der Waals surface area (Å²) in [7, 11) is 0. The third-order valence-corrected chi connectivity index (χ3v) is 2.82. The molecule has 2 fully saturated rings. The maximum absolute atomic E-state index is 11.6. The Morgan fingerprint density at radius 2 is 1.94 bits per heavy atom. The van der Waals surface area contributed by atoms with E-state index in [1.54, 1.807) is 0 Å². The molecule has 2 saturated heterocycles. The van der Waals surface area contributed by atoms with Gasteiger partial charge < -0.3 is 20.1 Å². The lowest BCUT2D eigenvalue weighted by atomic mass is 10.1. The second-order valence-electron chi connectivity index (χ2n) is 4.02. The predicted octanol–water partition coefficient (Wildman–Crippen LogP) is -3.11. The molecule has 0 bridgehead atoms. The molecule has 0 aromatic carbocycles. The molecule has 9 nitrogen and oxygen atoms in total. The summed E-state index contributed by atoms with van der Waals surface area (Å²) in [5.41, 5.74) is 0. The molecule has 0 aliphatic carbocycles. The number of amides is 4. The van der Waals surface area contributed by atoms with E-state index in [4.69, 9.17) is 9.84 Å². The zero-order valence-corrected chi connectivity index (χ0v) is 9.15. The second-order valence-corrected chi connectivity index (χ2v) is 4.02. The number of hydrogen-bond acceptors (Lipinski definition) is 7. The average Bonchev–Trinajstić information content (AvgIpc) is 2.56. The van der Waals surface area contributed by atoms with E-state index < -0.39 is 55.4 Å². The Labute approximate surface area is 101 Å². The van der Waals surface area contributed by atoms with Crippen molar-refractivity contribution in [2.75, 3.05) is 6.61 Å². The first-order valence-corrected chi connectivity index (χ1v) is 5.24. The number of hydrogen-bond donors (Lipinski definition) is 4. The molecule has 0 aromatic heterocycles. The van der Waals surface area contributed by atoms with Crippen LogP contribution in [-0.4, -0.2) is 69.2 Å². The number of aliphatic hydroxyl groups excluding tert-OH is 3. The van der Waals surface area contributed by atoms with E-state index in [1.165, 1.54) is 0 Å². The molecule has 18 heavy (non-hydrogen) atoms. The average molecular weight is 260 g/mol. The number of urea groups is 1. The summed E-state index contributed by atoms with van der Waals surface area (Å²) in [6, 6.07) is -1.02. The molecular formula is C9H12N2O7. The summed E-state index contributed by atoms with van der Waals surface area (Å²) in [6.07, 6.45) is -6.01. The Morgan fingerprint density at radius 1 is 1.28 bits per heavy atom. The van der Waals surface area contributed by atoms with Crippen LogP contribution in [0.4, 0.5) is 4.79 Å². The normalized spacial score (nSPS) is 37.1. The molecule has 2 rings (SSSR count). The van der Waals surface area contributed by atoms with Gasteiger partial charge in [0.2, 0.25) is 11.8 Å². The lowest BCUT2D eigenvalue weighted by Gasteiger charge is -2.30. The minimum absolute atomic E-state index is 0.533. The lowest BCUT2D eigenvalue weighted by molar-refractivity contribution is -0.150. The van der Waals surface area contributed by atoms with Gasteiger partial charge in [-0.1, -0.05) is 0 Å². The van der Waals surface area contributed by atoms with Gasteiger partial charge in [0.15, 0.2) is 6.23 Å². The molecule has 4 N–H and O–H groups in total. The van der Waals surface area contributed by atoms with Crippen molar-refractivity contribution in [3.63, 3.8) is 0 Å². The third-order valence-electron chi connectivity index (χ3n) is 2.82. The van der Waals surface area contributed by atoms with Gasteiger partial charge in [0, 0.05) is 0 Å². The van der Waals surface area contributed by atoms with Crippen molar-refractivity contribution in [3.8, 4) is 0 Å². The minimum atomic E-state index is -1.54. The molecule has 4 atom stereocenters. The van der Waals surface area contributed by atoms with Crippen molar-refractivity contribution < 1.29 is 34.4 Å². The molecule has 2 aliphatic rings. The molecule has 4 amide bonds. The highest BCUT2D eigenvalue weighted by molar-refractivity contribution is 6.14. The van der Waals surface area contributed by atoms with Crippen LogP contribution in [-0.2, 0) is 14.3 Å². The topological polar surface area (TPSA) is 136 Å². The van der Waals surface area contributed by atoms with Crippen molar-refractivity contribution in [2.45, 2.75) is 31.0 Å². The van der Waals surface area contributed by atoms with E-state index in [-0.39, 0.29) is 0 Å². The Kier molecular flexibility index (Phi) is 3.30.